The SMILES string of the molecule is COc1cc(C)ccc1CNc1cc(N2CCN(C)C(=O)C2)ncn1. The van der Waals surface area contributed by atoms with Crippen LogP contribution in [0.3, 0.4) is 0 Å². The molecular formula is C18H23N5O2. The van der Waals surface area contributed by atoms with Crippen molar-refractivity contribution >= 4 is 17.5 Å². The van der Waals surface area contributed by atoms with Gasteiger partial charge in [0, 0.05) is 38.3 Å². The Morgan fingerprint density at radius 2 is 2.08 bits per heavy atom. The summed E-state index contributed by atoms with van der Waals surface area (Å²) < 4.78 is 5.43. The Morgan fingerprint density at radius 1 is 1.24 bits per heavy atom. The molecule has 0 saturated carbocycles. The molecule has 1 aliphatic rings. The number of nitrogens with zero attached hydrogens (tertiary/aromatic N) is 4. The monoisotopic (exact) mass is 341 g/mol. The van der Waals surface area contributed by atoms with Gasteiger partial charge in [-0.2, -0.15) is 0 Å². The summed E-state index contributed by atoms with van der Waals surface area (Å²) in [6.45, 7) is 4.45. The number of piperazine rings is 1. The van der Waals surface area contributed by atoms with Crippen molar-refractivity contribution in [3.05, 3.63) is 41.7 Å². The third kappa shape index (κ3) is 3.99. The number of hydrogen-bond acceptors (Lipinski definition) is 6. The van der Waals surface area contributed by atoms with Crippen molar-refractivity contribution in [1.29, 1.82) is 0 Å². The Balaban J connectivity index is 1.69. The number of ether oxygens (including phenoxy) is 1. The van der Waals surface area contributed by atoms with Crippen LogP contribution in [0, 0.1) is 6.92 Å². The predicted octanol–water partition coefficient (Wildman–Crippen LogP) is 1.68. The normalized spacial score (nSPS) is 14.6. The number of carbonyl (C=O) groups excluding carboxylic acids is 1. The first kappa shape index (κ1) is 17.0. The van der Waals surface area contributed by atoms with Gasteiger partial charge in [-0.1, -0.05) is 12.1 Å². The first-order valence-electron chi connectivity index (χ1n) is 8.25. The Hall–Kier alpha value is -2.83. The van der Waals surface area contributed by atoms with E-state index in [2.05, 4.69) is 21.4 Å². The molecule has 0 bridgehead atoms. The van der Waals surface area contributed by atoms with Crippen molar-refractivity contribution in [3.8, 4) is 5.75 Å². The van der Waals surface area contributed by atoms with Gasteiger partial charge in [-0.15, -0.1) is 0 Å². The standard InChI is InChI=1S/C18H23N5O2/c1-13-4-5-14(15(8-13)25-3)10-19-16-9-17(21-12-20-16)23-7-6-22(2)18(24)11-23/h4-5,8-9,12H,6-7,10-11H2,1-3H3,(H,19,20,21). The molecule has 0 aliphatic carbocycles. The zero-order valence-corrected chi connectivity index (χ0v) is 14.8. The summed E-state index contributed by atoms with van der Waals surface area (Å²) in [5, 5.41) is 3.30. The maximum Gasteiger partial charge on any atom is 0.241 e. The number of anilines is 2. The fourth-order valence-corrected chi connectivity index (χ4v) is 2.75. The average Bonchev–Trinajstić information content (AvgIpc) is 2.63. The Labute approximate surface area is 147 Å². The number of aryl methyl sites for hydroxylation is 1. The van der Waals surface area contributed by atoms with Crippen LogP contribution in [-0.4, -0.2) is 54.6 Å². The molecular weight excluding hydrogens is 318 g/mol. The molecule has 1 aliphatic heterocycles. The van der Waals surface area contributed by atoms with Gasteiger partial charge in [-0.25, -0.2) is 9.97 Å². The van der Waals surface area contributed by atoms with Gasteiger partial charge in [0.15, 0.2) is 0 Å². The predicted molar refractivity (Wildman–Crippen MR) is 96.9 cm³/mol. The summed E-state index contributed by atoms with van der Waals surface area (Å²) in [6.07, 6.45) is 1.52. The molecule has 25 heavy (non-hydrogen) atoms. The highest BCUT2D eigenvalue weighted by atomic mass is 16.5. The molecule has 0 unspecified atom stereocenters. The van der Waals surface area contributed by atoms with Crippen LogP contribution in [-0.2, 0) is 11.3 Å². The molecule has 2 aromatic rings. The molecule has 1 fully saturated rings. The van der Waals surface area contributed by atoms with Crippen LogP contribution in [0.5, 0.6) is 5.75 Å². The average molecular weight is 341 g/mol. The van der Waals surface area contributed by atoms with Crippen LogP contribution in [0.25, 0.3) is 0 Å². The molecule has 1 N–H and O–H groups in total. The summed E-state index contributed by atoms with van der Waals surface area (Å²) in [7, 11) is 3.49. The van der Waals surface area contributed by atoms with Crippen LogP contribution < -0.4 is 15.0 Å². The van der Waals surface area contributed by atoms with Crippen LogP contribution in [0.15, 0.2) is 30.6 Å². The van der Waals surface area contributed by atoms with Gasteiger partial charge < -0.3 is 19.9 Å². The van der Waals surface area contributed by atoms with Crippen molar-refractivity contribution in [2.24, 2.45) is 0 Å². The maximum atomic E-state index is 11.9. The van der Waals surface area contributed by atoms with Crippen LogP contribution in [0.4, 0.5) is 11.6 Å². The fraction of sp³-hybridized carbons (Fsp3) is 0.389. The molecule has 1 saturated heterocycles. The molecule has 7 nitrogen and oxygen atoms in total. The number of carbonyl (C=O) groups is 1. The van der Waals surface area contributed by atoms with E-state index in [0.29, 0.717) is 19.6 Å². The van der Waals surface area contributed by atoms with E-state index in [-0.39, 0.29) is 5.91 Å². The minimum absolute atomic E-state index is 0.101. The second kappa shape index (κ2) is 7.38. The number of hydrogen-bond donors (Lipinski definition) is 1. The van der Waals surface area contributed by atoms with E-state index in [1.165, 1.54) is 6.33 Å². The van der Waals surface area contributed by atoms with Crippen molar-refractivity contribution in [1.82, 2.24) is 14.9 Å². The van der Waals surface area contributed by atoms with Gasteiger partial charge in [0.2, 0.25) is 5.91 Å². The highest BCUT2D eigenvalue weighted by Gasteiger charge is 2.22. The molecule has 1 amide bonds. The fourth-order valence-electron chi connectivity index (χ4n) is 2.75. The topological polar surface area (TPSA) is 70.6 Å². The summed E-state index contributed by atoms with van der Waals surface area (Å²) >= 11 is 0. The lowest BCUT2D eigenvalue weighted by Gasteiger charge is -2.32. The Morgan fingerprint density at radius 3 is 2.84 bits per heavy atom. The number of nitrogens with one attached hydrogen (secondary N) is 1. The molecule has 0 atom stereocenters. The summed E-state index contributed by atoms with van der Waals surface area (Å²) in [5.74, 6) is 2.43. The van der Waals surface area contributed by atoms with Crippen LogP contribution in [0.1, 0.15) is 11.1 Å². The highest BCUT2D eigenvalue weighted by molar-refractivity contribution is 5.82. The molecule has 3 rings (SSSR count). The quantitative estimate of drug-likeness (QED) is 0.892. The lowest BCUT2D eigenvalue weighted by atomic mass is 10.1. The smallest absolute Gasteiger partial charge is 0.241 e. The Kier molecular flexibility index (Phi) is 5.02. The molecule has 132 valence electrons. The van der Waals surface area contributed by atoms with Gasteiger partial charge >= 0.3 is 0 Å². The van der Waals surface area contributed by atoms with Crippen molar-refractivity contribution in [2.45, 2.75) is 13.5 Å². The second-order valence-corrected chi connectivity index (χ2v) is 6.17. The van der Waals surface area contributed by atoms with Gasteiger partial charge in [0.05, 0.1) is 13.7 Å². The Bertz CT molecular complexity index is 765. The zero-order chi connectivity index (χ0) is 17.8. The zero-order valence-electron chi connectivity index (χ0n) is 14.8. The first-order chi connectivity index (χ1) is 12.1. The number of methoxy groups -OCH3 is 1. The summed E-state index contributed by atoms with van der Waals surface area (Å²) in [5.41, 5.74) is 2.22. The van der Waals surface area contributed by atoms with E-state index < -0.39 is 0 Å². The molecule has 7 heteroatoms. The van der Waals surface area contributed by atoms with E-state index in [1.54, 1.807) is 12.0 Å². The molecule has 2 heterocycles. The van der Waals surface area contributed by atoms with E-state index in [0.717, 1.165) is 35.1 Å². The van der Waals surface area contributed by atoms with E-state index in [4.69, 9.17) is 4.74 Å². The number of likely N-dealkylation sites (N-methyl/N-ethyl adjacent to an activating group) is 1. The molecule has 1 aromatic carbocycles. The lowest BCUT2D eigenvalue weighted by Crippen LogP contribution is -2.48. The van der Waals surface area contributed by atoms with E-state index in [9.17, 15) is 4.79 Å². The van der Waals surface area contributed by atoms with Crippen molar-refractivity contribution < 1.29 is 9.53 Å². The minimum Gasteiger partial charge on any atom is -0.496 e. The van der Waals surface area contributed by atoms with Crippen molar-refractivity contribution in [3.63, 3.8) is 0 Å². The van der Waals surface area contributed by atoms with Gasteiger partial charge in [-0.3, -0.25) is 4.79 Å². The molecule has 0 radical (unpaired) electrons. The minimum atomic E-state index is 0.101. The van der Waals surface area contributed by atoms with Crippen LogP contribution >= 0.6 is 0 Å². The summed E-state index contributed by atoms with van der Waals surface area (Å²) in [4.78, 5) is 24.2. The third-order valence-electron chi connectivity index (χ3n) is 4.34. The molecule has 1 aromatic heterocycles. The number of aromatic nitrogens is 2. The third-order valence-corrected chi connectivity index (χ3v) is 4.34. The van der Waals surface area contributed by atoms with E-state index >= 15 is 0 Å². The van der Waals surface area contributed by atoms with Gasteiger partial charge in [-0.05, 0) is 18.6 Å². The molecule has 0 spiro atoms. The highest BCUT2D eigenvalue weighted by Crippen LogP contribution is 2.22. The second-order valence-electron chi connectivity index (χ2n) is 6.17. The van der Waals surface area contributed by atoms with Gasteiger partial charge in [0.25, 0.3) is 0 Å². The maximum absolute atomic E-state index is 11.9. The largest absolute Gasteiger partial charge is 0.496 e. The number of amides is 1. The number of rotatable bonds is 5. The first-order valence-corrected chi connectivity index (χ1v) is 8.25. The number of benzene rings is 1. The summed E-state index contributed by atoms with van der Waals surface area (Å²) in [6, 6.07) is 7.99. The lowest BCUT2D eigenvalue weighted by molar-refractivity contribution is -0.129. The van der Waals surface area contributed by atoms with Gasteiger partial charge in [0.1, 0.15) is 23.7 Å². The van der Waals surface area contributed by atoms with E-state index in [1.807, 2.05) is 37.1 Å². The van der Waals surface area contributed by atoms with Crippen LogP contribution in [0.2, 0.25) is 0 Å². The van der Waals surface area contributed by atoms with Crippen molar-refractivity contribution in [2.75, 3.05) is 44.0 Å².